The number of carbonyl (C=O) groups excluding carboxylic acids is 1. The zero-order chi connectivity index (χ0) is 20.3. The molecule has 2 aliphatic heterocycles. The summed E-state index contributed by atoms with van der Waals surface area (Å²) in [6, 6.07) is 0.698. The van der Waals surface area contributed by atoms with E-state index >= 15 is 0 Å². The maximum absolute atomic E-state index is 12.6. The van der Waals surface area contributed by atoms with Gasteiger partial charge in [-0.15, -0.1) is 0 Å². The zero-order valence-electron chi connectivity index (χ0n) is 17.5. The minimum absolute atomic E-state index is 0.188. The third-order valence-corrected chi connectivity index (χ3v) is 4.97. The first-order chi connectivity index (χ1) is 13.2. The number of ether oxygens (including phenoxy) is 1. The van der Waals surface area contributed by atoms with Crippen molar-refractivity contribution in [3.8, 4) is 0 Å². The number of hydrogen-bond donors (Lipinski definition) is 2. The van der Waals surface area contributed by atoms with E-state index in [1.165, 1.54) is 0 Å². The van der Waals surface area contributed by atoms with Crippen LogP contribution in [0.2, 0.25) is 0 Å². The van der Waals surface area contributed by atoms with E-state index in [4.69, 9.17) is 9.26 Å². The first kappa shape index (κ1) is 20.4. The molecule has 0 spiro atoms. The second-order valence-electron chi connectivity index (χ2n) is 8.51. The number of aryl methyl sites for hydroxylation is 1. The topological polar surface area (TPSA) is 105 Å². The van der Waals surface area contributed by atoms with Crippen LogP contribution in [0, 0.1) is 6.92 Å². The second-order valence-corrected chi connectivity index (χ2v) is 8.51. The lowest BCUT2D eigenvalue weighted by Crippen LogP contribution is -2.55. The summed E-state index contributed by atoms with van der Waals surface area (Å²) in [5.41, 5.74) is -0.468. The highest BCUT2D eigenvalue weighted by Crippen LogP contribution is 2.36. The normalized spacial score (nSPS) is 25.0. The maximum Gasteiger partial charge on any atom is 0.410 e. The van der Waals surface area contributed by atoms with Gasteiger partial charge in [0.15, 0.2) is 11.8 Å². The fourth-order valence-electron chi connectivity index (χ4n) is 3.98. The van der Waals surface area contributed by atoms with E-state index in [1.54, 1.807) is 6.92 Å². The largest absolute Gasteiger partial charge is 0.444 e. The summed E-state index contributed by atoms with van der Waals surface area (Å²) in [6.45, 7) is 10.6. The smallest absolute Gasteiger partial charge is 0.410 e. The predicted octanol–water partition coefficient (Wildman–Crippen LogP) is 2.36. The Labute approximate surface area is 166 Å². The lowest BCUT2D eigenvalue weighted by atomic mass is 9.98. The Morgan fingerprint density at radius 1 is 1.32 bits per heavy atom. The van der Waals surface area contributed by atoms with Crippen LogP contribution in [0.5, 0.6) is 0 Å². The first-order valence-corrected chi connectivity index (χ1v) is 10.1. The molecule has 2 N–H and O–H groups in total. The van der Waals surface area contributed by atoms with Crippen LogP contribution in [-0.2, 0) is 11.3 Å². The Hall–Kier alpha value is -2.32. The Balaban J connectivity index is 1.60. The molecule has 2 saturated heterocycles. The second kappa shape index (κ2) is 8.36. The minimum atomic E-state index is -0.468. The Morgan fingerprint density at radius 3 is 2.54 bits per heavy atom. The predicted molar refractivity (Wildman–Crippen MR) is 105 cm³/mol. The SMILES string of the molecule is CCNC(=NCc1noc(C)n1)NC1CC2CCC(C1)N2C(=O)OC(C)(C)C. The van der Waals surface area contributed by atoms with Gasteiger partial charge in [0.05, 0.1) is 0 Å². The summed E-state index contributed by atoms with van der Waals surface area (Å²) in [5.74, 6) is 1.84. The quantitative estimate of drug-likeness (QED) is 0.598. The Kier molecular flexibility index (Phi) is 6.10. The summed E-state index contributed by atoms with van der Waals surface area (Å²) < 4.78 is 10.6. The number of hydrogen-bond acceptors (Lipinski definition) is 6. The molecule has 2 fully saturated rings. The van der Waals surface area contributed by atoms with Crippen molar-refractivity contribution in [3.63, 3.8) is 0 Å². The molecule has 0 radical (unpaired) electrons. The van der Waals surface area contributed by atoms with Crippen molar-refractivity contribution >= 4 is 12.1 Å². The molecule has 0 aliphatic carbocycles. The van der Waals surface area contributed by atoms with Crippen molar-refractivity contribution in [1.29, 1.82) is 0 Å². The molecule has 3 rings (SSSR count). The van der Waals surface area contributed by atoms with Crippen molar-refractivity contribution in [2.24, 2.45) is 4.99 Å². The number of guanidine groups is 1. The molecule has 0 saturated carbocycles. The van der Waals surface area contributed by atoms with Gasteiger partial charge in [0.2, 0.25) is 5.89 Å². The standard InChI is InChI=1S/C19H32N6O3/c1-6-20-17(21-11-16-22-12(2)28-24-16)23-13-9-14-7-8-15(10-13)25(14)18(26)27-19(3,4)5/h13-15H,6-11H2,1-5H3,(H2,20,21,23). The number of nitrogens with one attached hydrogen (secondary N) is 2. The minimum Gasteiger partial charge on any atom is -0.444 e. The van der Waals surface area contributed by atoms with E-state index in [0.29, 0.717) is 18.3 Å². The highest BCUT2D eigenvalue weighted by molar-refractivity contribution is 5.80. The summed E-state index contributed by atoms with van der Waals surface area (Å²) in [5, 5.41) is 10.7. The average Bonchev–Trinajstić information content (AvgIpc) is 3.12. The zero-order valence-corrected chi connectivity index (χ0v) is 17.5. The van der Waals surface area contributed by atoms with Crippen molar-refractivity contribution in [2.75, 3.05) is 6.54 Å². The van der Waals surface area contributed by atoms with Gasteiger partial charge in [-0.3, -0.25) is 0 Å². The average molecular weight is 393 g/mol. The molecule has 3 heterocycles. The number of carbonyl (C=O) groups is 1. The summed E-state index contributed by atoms with van der Waals surface area (Å²) in [4.78, 5) is 23.3. The number of fused-ring (bicyclic) bond motifs is 2. The Bertz CT molecular complexity index is 697. The van der Waals surface area contributed by atoms with Crippen LogP contribution in [0.3, 0.4) is 0 Å². The van der Waals surface area contributed by atoms with Crippen molar-refractivity contribution in [2.45, 2.75) is 90.6 Å². The van der Waals surface area contributed by atoms with Crippen LogP contribution in [0.4, 0.5) is 4.79 Å². The van der Waals surface area contributed by atoms with E-state index in [0.717, 1.165) is 38.2 Å². The molecular weight excluding hydrogens is 360 g/mol. The van der Waals surface area contributed by atoms with E-state index in [9.17, 15) is 4.79 Å². The van der Waals surface area contributed by atoms with Gasteiger partial charge in [-0.1, -0.05) is 5.16 Å². The third kappa shape index (κ3) is 5.14. The van der Waals surface area contributed by atoms with E-state index in [-0.39, 0.29) is 24.2 Å². The van der Waals surface area contributed by atoms with Crippen molar-refractivity contribution < 1.29 is 14.1 Å². The molecule has 28 heavy (non-hydrogen) atoms. The van der Waals surface area contributed by atoms with E-state index in [1.807, 2.05) is 32.6 Å². The van der Waals surface area contributed by atoms with Gasteiger partial charge in [-0.25, -0.2) is 9.79 Å². The fourth-order valence-corrected chi connectivity index (χ4v) is 3.98. The molecule has 1 aromatic rings. The molecule has 2 aliphatic rings. The number of aliphatic imine (C=N–C) groups is 1. The number of aromatic nitrogens is 2. The lowest BCUT2D eigenvalue weighted by Gasteiger charge is -2.40. The van der Waals surface area contributed by atoms with Crippen molar-refractivity contribution in [1.82, 2.24) is 25.7 Å². The number of piperidine rings is 1. The molecule has 0 aromatic carbocycles. The molecule has 2 bridgehead atoms. The summed E-state index contributed by atoms with van der Waals surface area (Å²) >= 11 is 0. The van der Waals surface area contributed by atoms with Gasteiger partial charge in [0.1, 0.15) is 12.1 Å². The van der Waals surface area contributed by atoms with Crippen LogP contribution in [0.1, 0.15) is 65.1 Å². The number of nitrogens with zero attached hydrogens (tertiary/aromatic N) is 4. The van der Waals surface area contributed by atoms with Gasteiger partial charge < -0.3 is 24.8 Å². The van der Waals surface area contributed by atoms with Crippen LogP contribution in [0.25, 0.3) is 0 Å². The fraction of sp³-hybridized carbons (Fsp3) is 0.789. The third-order valence-electron chi connectivity index (χ3n) is 4.97. The van der Waals surface area contributed by atoms with E-state index in [2.05, 4.69) is 25.8 Å². The molecule has 156 valence electrons. The maximum atomic E-state index is 12.6. The monoisotopic (exact) mass is 392 g/mol. The molecular formula is C19H32N6O3. The first-order valence-electron chi connectivity index (χ1n) is 10.1. The van der Waals surface area contributed by atoms with Gasteiger partial charge >= 0.3 is 6.09 Å². The highest BCUT2D eigenvalue weighted by Gasteiger charge is 2.45. The summed E-state index contributed by atoms with van der Waals surface area (Å²) in [7, 11) is 0. The van der Waals surface area contributed by atoms with Crippen LogP contribution < -0.4 is 10.6 Å². The van der Waals surface area contributed by atoms with Gasteiger partial charge in [-0.05, 0) is 53.4 Å². The molecule has 1 amide bonds. The lowest BCUT2D eigenvalue weighted by molar-refractivity contribution is 0.00545. The van der Waals surface area contributed by atoms with Crippen LogP contribution in [0.15, 0.2) is 9.52 Å². The Morgan fingerprint density at radius 2 is 2.00 bits per heavy atom. The summed E-state index contributed by atoms with van der Waals surface area (Å²) in [6.07, 6.45) is 3.64. The molecule has 1 aromatic heterocycles. The van der Waals surface area contributed by atoms with Crippen molar-refractivity contribution in [3.05, 3.63) is 11.7 Å². The highest BCUT2D eigenvalue weighted by atomic mass is 16.6. The molecule has 9 nitrogen and oxygen atoms in total. The van der Waals surface area contributed by atoms with Crippen LogP contribution >= 0.6 is 0 Å². The molecule has 9 heteroatoms. The van der Waals surface area contributed by atoms with Gasteiger partial charge in [0, 0.05) is 31.6 Å². The number of amides is 1. The van der Waals surface area contributed by atoms with E-state index < -0.39 is 5.60 Å². The van der Waals surface area contributed by atoms with Gasteiger partial charge in [-0.2, -0.15) is 4.98 Å². The molecule has 2 atom stereocenters. The molecule has 2 unspecified atom stereocenters. The van der Waals surface area contributed by atoms with Gasteiger partial charge in [0.25, 0.3) is 0 Å². The van der Waals surface area contributed by atoms with Crippen LogP contribution in [-0.4, -0.2) is 57.4 Å². The number of rotatable bonds is 4.